The molecule has 0 spiro atoms. The molecule has 9 heteroatoms. The van der Waals surface area contributed by atoms with Crippen LogP contribution in [0.4, 0.5) is 5.69 Å². The zero-order valence-corrected chi connectivity index (χ0v) is 14.4. The van der Waals surface area contributed by atoms with E-state index in [1.165, 1.54) is 30.8 Å². The molecule has 0 aliphatic carbocycles. The van der Waals surface area contributed by atoms with Gasteiger partial charge in [-0.25, -0.2) is 4.90 Å². The van der Waals surface area contributed by atoms with Gasteiger partial charge in [-0.1, -0.05) is 23.1 Å². The van der Waals surface area contributed by atoms with Crippen molar-refractivity contribution in [2.24, 2.45) is 0 Å². The highest BCUT2D eigenvalue weighted by molar-refractivity contribution is 8.01. The van der Waals surface area contributed by atoms with E-state index in [2.05, 4.69) is 4.98 Å². The monoisotopic (exact) mass is 374 g/mol. The lowest BCUT2D eigenvalue weighted by molar-refractivity contribution is -0.132. The van der Waals surface area contributed by atoms with Gasteiger partial charge in [-0.2, -0.15) is 0 Å². The number of hydrogen-bond acceptors (Lipinski definition) is 7. The number of carbonyl (C=O) groups excluding carboxylic acids is 3. The van der Waals surface area contributed by atoms with Gasteiger partial charge >= 0.3 is 10.8 Å². The molecule has 1 aromatic heterocycles. The molecule has 1 N–H and O–H groups in total. The molecule has 0 bridgehead atoms. The fourth-order valence-corrected chi connectivity index (χ4v) is 4.77. The predicted molar refractivity (Wildman–Crippen MR) is 92.8 cm³/mol. The quantitative estimate of drug-likeness (QED) is 0.489. The van der Waals surface area contributed by atoms with E-state index in [1.54, 1.807) is 18.2 Å². The second kappa shape index (κ2) is 5.71. The molecule has 7 nitrogen and oxygen atoms in total. The first-order valence-corrected chi connectivity index (χ1v) is 8.92. The van der Waals surface area contributed by atoms with Crippen LogP contribution >= 0.6 is 23.1 Å². The van der Waals surface area contributed by atoms with Gasteiger partial charge < -0.3 is 9.72 Å². The number of imide groups is 1. The summed E-state index contributed by atoms with van der Waals surface area (Å²) >= 11 is 2.18. The molecule has 0 saturated carbocycles. The number of aromatic amines is 1. The van der Waals surface area contributed by atoms with Crippen molar-refractivity contribution < 1.29 is 19.1 Å². The van der Waals surface area contributed by atoms with Crippen LogP contribution in [0.3, 0.4) is 0 Å². The Hall–Kier alpha value is -2.65. The molecule has 4 rings (SSSR count). The van der Waals surface area contributed by atoms with Crippen LogP contribution in [0.5, 0.6) is 5.75 Å². The molecule has 1 atom stereocenters. The van der Waals surface area contributed by atoms with Crippen LogP contribution in [0.25, 0.3) is 6.08 Å². The summed E-state index contributed by atoms with van der Waals surface area (Å²) in [4.78, 5) is 52.0. The van der Waals surface area contributed by atoms with Crippen molar-refractivity contribution in [3.63, 3.8) is 0 Å². The first-order valence-electron chi connectivity index (χ1n) is 7.22. The first kappa shape index (κ1) is 15.9. The van der Waals surface area contributed by atoms with E-state index in [4.69, 9.17) is 4.74 Å². The molecule has 2 aromatic rings. The first-order chi connectivity index (χ1) is 11.9. The summed E-state index contributed by atoms with van der Waals surface area (Å²) < 4.78 is 4.95. The minimum absolute atomic E-state index is 0.216. The van der Waals surface area contributed by atoms with E-state index in [-0.39, 0.29) is 10.8 Å². The van der Waals surface area contributed by atoms with E-state index < -0.39 is 17.1 Å². The number of amides is 2. The third kappa shape index (κ3) is 2.61. The summed E-state index contributed by atoms with van der Waals surface area (Å²) in [5, 5.41) is -0.0599. The normalized spacial score (nSPS) is 18.7. The highest BCUT2D eigenvalue weighted by Gasteiger charge is 2.47. The van der Waals surface area contributed by atoms with Gasteiger partial charge in [0.15, 0.2) is 0 Å². The summed E-state index contributed by atoms with van der Waals surface area (Å²) in [6.07, 6.45) is 1.60. The minimum atomic E-state index is -0.668. The maximum Gasteiger partial charge on any atom is 0.308 e. The van der Waals surface area contributed by atoms with Crippen LogP contribution in [0.1, 0.15) is 11.8 Å². The Bertz CT molecular complexity index is 1000. The molecule has 3 heterocycles. The molecule has 1 aromatic carbocycles. The number of nitrogens with one attached hydrogen (secondary N) is 1. The average molecular weight is 374 g/mol. The Morgan fingerprint density at radius 2 is 1.92 bits per heavy atom. The SMILES string of the molecule is CC(=O)Oc1ccc(N2C(=O)C3=Cc4sc(=O)[nH]c4S[C@H]3C2=O)cc1. The number of esters is 1. The van der Waals surface area contributed by atoms with Gasteiger partial charge in [-0.15, -0.1) is 0 Å². The number of benzene rings is 1. The highest BCUT2D eigenvalue weighted by atomic mass is 32.2. The third-order valence-corrected chi connectivity index (χ3v) is 5.91. The van der Waals surface area contributed by atoms with E-state index >= 15 is 0 Å². The lowest BCUT2D eigenvalue weighted by Crippen LogP contribution is -2.31. The maximum absolute atomic E-state index is 12.7. The van der Waals surface area contributed by atoms with Crippen molar-refractivity contribution in [3.05, 3.63) is 44.4 Å². The molecule has 25 heavy (non-hydrogen) atoms. The second-order valence-electron chi connectivity index (χ2n) is 5.37. The molecule has 2 amide bonds. The largest absolute Gasteiger partial charge is 0.427 e. The molecule has 126 valence electrons. The zero-order valence-electron chi connectivity index (χ0n) is 12.8. The fourth-order valence-electron chi connectivity index (χ4n) is 2.68. The molecular formula is C16H10N2O5S2. The van der Waals surface area contributed by atoms with Crippen LogP contribution in [0.2, 0.25) is 0 Å². The number of rotatable bonds is 2. The molecule has 0 unspecified atom stereocenters. The van der Waals surface area contributed by atoms with Crippen LogP contribution in [0.15, 0.2) is 39.7 Å². The number of fused-ring (bicyclic) bond motifs is 2. The van der Waals surface area contributed by atoms with Crippen LogP contribution in [-0.2, 0) is 14.4 Å². The highest BCUT2D eigenvalue weighted by Crippen LogP contribution is 2.43. The predicted octanol–water partition coefficient (Wildman–Crippen LogP) is 1.79. The number of nitrogens with zero attached hydrogens (tertiary/aromatic N) is 1. The number of anilines is 1. The Morgan fingerprint density at radius 1 is 1.20 bits per heavy atom. The molecule has 1 fully saturated rings. The topological polar surface area (TPSA) is 96.5 Å². The van der Waals surface area contributed by atoms with E-state index in [0.717, 1.165) is 16.2 Å². The lowest BCUT2D eigenvalue weighted by Gasteiger charge is -2.14. The number of ether oxygens (including phenoxy) is 1. The summed E-state index contributed by atoms with van der Waals surface area (Å²) in [6.45, 7) is 1.29. The zero-order chi connectivity index (χ0) is 17.7. The van der Waals surface area contributed by atoms with E-state index in [0.29, 0.717) is 26.9 Å². The van der Waals surface area contributed by atoms with Gasteiger partial charge in [0, 0.05) is 12.5 Å². The van der Waals surface area contributed by atoms with Crippen LogP contribution < -0.4 is 14.5 Å². The van der Waals surface area contributed by atoms with Crippen molar-refractivity contribution in [1.82, 2.24) is 4.98 Å². The van der Waals surface area contributed by atoms with Crippen molar-refractivity contribution in [3.8, 4) is 5.75 Å². The summed E-state index contributed by atoms with van der Waals surface area (Å²) in [6, 6.07) is 6.15. The number of H-pyrrole nitrogens is 1. The molecule has 0 radical (unpaired) electrons. The third-order valence-electron chi connectivity index (χ3n) is 3.70. The standard InChI is InChI=1S/C16H10N2O5S2/c1-7(19)23-9-4-2-8(3-5-9)18-14(20)10-6-11-13(17-16(22)24-11)25-12(10)15(18)21/h2-6,12H,1H3,(H,17,22)/t12-/m1/s1. The number of thioether (sulfide) groups is 1. The Kier molecular flexibility index (Phi) is 3.62. The Balaban J connectivity index is 1.67. The fraction of sp³-hybridized carbons (Fsp3) is 0.125. The van der Waals surface area contributed by atoms with Gasteiger partial charge in [0.1, 0.15) is 11.0 Å². The second-order valence-corrected chi connectivity index (χ2v) is 7.50. The number of aromatic nitrogens is 1. The van der Waals surface area contributed by atoms with Gasteiger partial charge in [0.25, 0.3) is 11.8 Å². The van der Waals surface area contributed by atoms with Crippen LogP contribution in [-0.4, -0.2) is 28.0 Å². The Labute approximate surface area is 149 Å². The number of thiazole rings is 1. The molecule has 1 saturated heterocycles. The summed E-state index contributed by atoms with van der Waals surface area (Å²) in [7, 11) is 0. The Morgan fingerprint density at radius 3 is 2.60 bits per heavy atom. The molecular weight excluding hydrogens is 364 g/mol. The van der Waals surface area contributed by atoms with Gasteiger partial charge in [-0.05, 0) is 30.3 Å². The minimum Gasteiger partial charge on any atom is -0.427 e. The van der Waals surface area contributed by atoms with Gasteiger partial charge in [0.05, 0.1) is 15.6 Å². The summed E-state index contributed by atoms with van der Waals surface area (Å²) in [5.41, 5.74) is 0.764. The van der Waals surface area contributed by atoms with Crippen molar-refractivity contribution in [2.45, 2.75) is 17.2 Å². The number of hydrogen-bond donors (Lipinski definition) is 1. The van der Waals surface area contributed by atoms with E-state index in [9.17, 15) is 19.2 Å². The maximum atomic E-state index is 12.7. The van der Waals surface area contributed by atoms with Gasteiger partial charge in [0.2, 0.25) is 0 Å². The van der Waals surface area contributed by atoms with Crippen molar-refractivity contribution in [1.29, 1.82) is 0 Å². The van der Waals surface area contributed by atoms with Gasteiger partial charge in [-0.3, -0.25) is 19.2 Å². The van der Waals surface area contributed by atoms with Crippen LogP contribution in [0, 0.1) is 0 Å². The molecule has 2 aliphatic rings. The van der Waals surface area contributed by atoms with Crippen molar-refractivity contribution in [2.75, 3.05) is 4.90 Å². The smallest absolute Gasteiger partial charge is 0.308 e. The number of carbonyl (C=O) groups is 3. The average Bonchev–Trinajstić information content (AvgIpc) is 3.03. The molecule has 2 aliphatic heterocycles. The lowest BCUT2D eigenvalue weighted by atomic mass is 10.2. The summed E-state index contributed by atoms with van der Waals surface area (Å²) in [5.74, 6) is -0.886. The van der Waals surface area contributed by atoms with E-state index in [1.807, 2.05) is 0 Å². The van der Waals surface area contributed by atoms with Crippen molar-refractivity contribution >= 4 is 52.6 Å².